The van der Waals surface area contributed by atoms with Gasteiger partial charge in [0, 0.05) is 12.4 Å². The Morgan fingerprint density at radius 2 is 1.56 bits per heavy atom. The Balaban J connectivity index is -0.0000000233. The van der Waals surface area contributed by atoms with Gasteiger partial charge in [0.2, 0.25) is 0 Å². The van der Waals surface area contributed by atoms with Gasteiger partial charge in [-0.05, 0) is 6.92 Å². The van der Waals surface area contributed by atoms with Gasteiger partial charge in [0.05, 0.1) is 0 Å². The van der Waals surface area contributed by atoms with Crippen molar-refractivity contribution in [2.45, 2.75) is 6.92 Å². The summed E-state index contributed by atoms with van der Waals surface area (Å²) in [7, 11) is 0. The van der Waals surface area contributed by atoms with Crippen LogP contribution >= 0.6 is 0 Å². The average molecular weight is 166 g/mol. The molecule has 0 heterocycles. The van der Waals surface area contributed by atoms with Crippen LogP contribution in [0.15, 0.2) is 0 Å². The van der Waals surface area contributed by atoms with E-state index >= 15 is 0 Å². The molecule has 0 aromatic carbocycles. The number of carbonyl (C=O) groups is 2. The minimum absolute atomic E-state index is 0. The summed E-state index contributed by atoms with van der Waals surface area (Å²) in [5.74, 6) is -1.08. The van der Waals surface area contributed by atoms with Crippen LogP contribution in [0.3, 0.4) is 0 Å². The third-order valence-electron chi connectivity index (χ3n) is 0. The van der Waals surface area contributed by atoms with E-state index in [9.17, 15) is 0 Å². The van der Waals surface area contributed by atoms with Crippen molar-refractivity contribution in [2.75, 3.05) is 0 Å². The zero-order valence-corrected chi connectivity index (χ0v) is 10.8. The van der Waals surface area contributed by atoms with Crippen LogP contribution in [0.4, 0.5) is 0 Å². The van der Waals surface area contributed by atoms with Gasteiger partial charge in [-0.25, -0.2) is 0 Å². The summed E-state index contributed by atoms with van der Waals surface area (Å²) in [6, 6.07) is 0. The molecule has 0 aromatic rings. The maximum absolute atomic E-state index is 8.89. The van der Waals surface area contributed by atoms with Crippen LogP contribution in [0, 0.1) is 0 Å². The van der Waals surface area contributed by atoms with E-state index in [2.05, 4.69) is 0 Å². The van der Waals surface area contributed by atoms with Crippen molar-refractivity contribution in [3.05, 3.63) is 0 Å². The molecule has 6 heteroatoms. The van der Waals surface area contributed by atoms with Gasteiger partial charge in [0.1, 0.15) is 0 Å². The molecule has 0 fully saturated rings. The van der Waals surface area contributed by atoms with Gasteiger partial charge in [-0.1, -0.05) is 0 Å². The predicted molar refractivity (Wildman–Crippen MR) is 16.7 cm³/mol. The van der Waals surface area contributed by atoms with E-state index in [1.807, 2.05) is 0 Å². The molecule has 4 nitrogen and oxygen atoms in total. The maximum atomic E-state index is 8.89. The minimum Gasteiger partial charge on any atom is -0.554 e. The molecule has 0 atom stereocenters. The van der Waals surface area contributed by atoms with Crippen molar-refractivity contribution in [2.24, 2.45) is 0 Å². The second kappa shape index (κ2) is 22.7. The summed E-state index contributed by atoms with van der Waals surface area (Å²) in [4.78, 5) is 17.1. The van der Waals surface area contributed by atoms with Gasteiger partial charge in [-0.2, -0.15) is 0 Å². The number of rotatable bonds is 0. The van der Waals surface area contributed by atoms with Crippen LogP contribution in [-0.2, 0) is 9.59 Å². The predicted octanol–water partition coefficient (Wildman–Crippen LogP) is -8.87. The number of carboxylic acids is 1. The quantitative estimate of drug-likeness (QED) is 0.264. The third-order valence-corrected chi connectivity index (χ3v) is 0. The van der Waals surface area contributed by atoms with E-state index in [1.54, 1.807) is 0 Å². The molecule has 0 N–H and O–H groups in total. The average Bonchev–Trinajstić information content (AvgIpc) is 1.33. The molecular formula is C3H4KNaO4. The monoisotopic (exact) mass is 166 g/mol. The van der Waals surface area contributed by atoms with Crippen molar-refractivity contribution < 1.29 is 101 Å². The number of hydrogen-bond donors (Lipinski definition) is 0. The second-order valence-corrected chi connectivity index (χ2v) is 0.588. The Kier molecular flexibility index (Phi) is 56.4. The Labute approximate surface area is 118 Å². The van der Waals surface area contributed by atoms with Crippen molar-refractivity contribution in [1.29, 1.82) is 0 Å². The van der Waals surface area contributed by atoms with E-state index in [0.717, 1.165) is 6.92 Å². The van der Waals surface area contributed by atoms with E-state index in [-0.39, 0.29) is 80.9 Å². The summed E-state index contributed by atoms with van der Waals surface area (Å²) >= 11 is 0. The fourth-order valence-corrected chi connectivity index (χ4v) is 0. The Hall–Kier alpha value is 1.58. The molecule has 0 aromatic heterocycles. The van der Waals surface area contributed by atoms with Crippen molar-refractivity contribution in [1.82, 2.24) is 0 Å². The number of aliphatic carboxylic acids is 1. The van der Waals surface area contributed by atoms with Gasteiger partial charge >= 0.3 is 80.9 Å². The number of carboxylic acid groups (broad SMARTS) is 2. The topological polar surface area (TPSA) is 80.3 Å². The van der Waals surface area contributed by atoms with E-state index in [0.29, 0.717) is 0 Å². The first kappa shape index (κ1) is 22.4. The normalized spacial score (nSPS) is 4.11. The van der Waals surface area contributed by atoms with Crippen molar-refractivity contribution in [3.8, 4) is 0 Å². The largest absolute Gasteiger partial charge is 1.00 e. The maximum Gasteiger partial charge on any atom is 1.00 e. The first-order valence-corrected chi connectivity index (χ1v) is 1.38. The van der Waals surface area contributed by atoms with Gasteiger partial charge in [-0.15, -0.1) is 0 Å². The molecule has 0 spiro atoms. The summed E-state index contributed by atoms with van der Waals surface area (Å²) in [6.45, 7) is 0.472. The molecule has 0 saturated heterocycles. The standard InChI is InChI=1S/C2H4O2.CH2O2.K.Na/c1-2(3)4;2-1-3;;/h1H3,(H,3,4);1H,(H,2,3);;/q;;2*+1/p-2. The smallest absolute Gasteiger partial charge is 0.554 e. The van der Waals surface area contributed by atoms with Crippen molar-refractivity contribution in [3.63, 3.8) is 0 Å². The molecule has 0 saturated carbocycles. The molecule has 0 aliphatic rings. The summed E-state index contributed by atoms with van der Waals surface area (Å²) in [5, 5.41) is 17.1. The van der Waals surface area contributed by atoms with E-state index in [1.165, 1.54) is 0 Å². The van der Waals surface area contributed by atoms with Gasteiger partial charge < -0.3 is 19.8 Å². The fourth-order valence-electron chi connectivity index (χ4n) is 0. The van der Waals surface area contributed by atoms with Crippen LogP contribution in [0.5, 0.6) is 0 Å². The molecular weight excluding hydrogens is 162 g/mol. The molecule has 0 amide bonds. The van der Waals surface area contributed by atoms with E-state index < -0.39 is 12.4 Å². The first-order chi connectivity index (χ1) is 3.15. The van der Waals surface area contributed by atoms with Crippen LogP contribution in [0.25, 0.3) is 0 Å². The van der Waals surface area contributed by atoms with E-state index in [4.69, 9.17) is 19.8 Å². The Morgan fingerprint density at radius 3 is 1.56 bits per heavy atom. The zero-order chi connectivity index (χ0) is 6.28. The fraction of sp³-hybridized carbons (Fsp3) is 0.333. The molecule has 0 aliphatic carbocycles. The Morgan fingerprint density at radius 1 is 1.56 bits per heavy atom. The number of carbonyl (C=O) groups excluding carboxylic acids is 2. The molecule has 0 aliphatic heterocycles. The molecule has 0 rings (SSSR count). The summed E-state index contributed by atoms with van der Waals surface area (Å²) < 4.78 is 0. The van der Waals surface area contributed by atoms with Crippen LogP contribution in [0.2, 0.25) is 0 Å². The van der Waals surface area contributed by atoms with Crippen LogP contribution in [0.1, 0.15) is 6.92 Å². The minimum atomic E-state index is -1.08. The molecule has 42 valence electrons. The SMILES string of the molecule is CC(=O)[O-].O=C[O-].[K+].[Na+]. The molecule has 0 unspecified atom stereocenters. The van der Waals surface area contributed by atoms with Crippen LogP contribution in [-0.4, -0.2) is 12.4 Å². The first-order valence-electron chi connectivity index (χ1n) is 1.38. The summed E-state index contributed by atoms with van der Waals surface area (Å²) in [5.41, 5.74) is 0. The summed E-state index contributed by atoms with van der Waals surface area (Å²) in [6.07, 6.45) is 0. The second-order valence-electron chi connectivity index (χ2n) is 0.588. The van der Waals surface area contributed by atoms with Gasteiger partial charge in [-0.3, -0.25) is 0 Å². The van der Waals surface area contributed by atoms with Gasteiger partial charge in [0.15, 0.2) is 0 Å². The van der Waals surface area contributed by atoms with Gasteiger partial charge in [0.25, 0.3) is 0 Å². The molecule has 0 radical (unpaired) electrons. The third kappa shape index (κ3) is 221. The van der Waals surface area contributed by atoms with Crippen molar-refractivity contribution >= 4 is 12.4 Å². The Bertz CT molecular complexity index is 62.8. The molecule has 9 heavy (non-hydrogen) atoms. The van der Waals surface area contributed by atoms with Crippen LogP contribution < -0.4 is 91.2 Å². The molecule has 0 bridgehead atoms. The number of hydrogen-bond acceptors (Lipinski definition) is 4. The zero-order valence-electron chi connectivity index (χ0n) is 5.71.